The van der Waals surface area contributed by atoms with Crippen LogP contribution in [0.25, 0.3) is 0 Å². The molecular formula is C28H29ClN6O4. The maximum absolute atomic E-state index is 13.8. The molecule has 0 spiro atoms. The highest BCUT2D eigenvalue weighted by Crippen LogP contribution is 2.39. The van der Waals surface area contributed by atoms with Gasteiger partial charge in [0.15, 0.2) is 6.17 Å². The zero-order valence-corrected chi connectivity index (χ0v) is 22.4. The van der Waals surface area contributed by atoms with Crippen molar-refractivity contribution in [2.45, 2.75) is 38.5 Å². The average molecular weight is 549 g/mol. The summed E-state index contributed by atoms with van der Waals surface area (Å²) in [6.45, 7) is 4.92. The van der Waals surface area contributed by atoms with Crippen LogP contribution in [0.1, 0.15) is 26.3 Å². The van der Waals surface area contributed by atoms with Gasteiger partial charge in [-0.15, -0.1) is 0 Å². The van der Waals surface area contributed by atoms with E-state index in [1.165, 1.54) is 16.0 Å². The van der Waals surface area contributed by atoms with Gasteiger partial charge in [0.25, 0.3) is 5.91 Å². The van der Waals surface area contributed by atoms with E-state index in [0.29, 0.717) is 21.5 Å². The molecule has 0 aliphatic carbocycles. The summed E-state index contributed by atoms with van der Waals surface area (Å²) < 4.78 is 0. The summed E-state index contributed by atoms with van der Waals surface area (Å²) in [6, 6.07) is 21.8. The second-order valence-corrected chi connectivity index (χ2v) is 9.92. The van der Waals surface area contributed by atoms with Gasteiger partial charge in [-0.05, 0) is 62.7 Å². The lowest BCUT2D eigenvalue weighted by Crippen LogP contribution is -2.60. The number of benzene rings is 3. The standard InChI is InChI=1S/C28H29ClN6O4/c1-19(24(36)32-30-18-20-14-16-21(29)17-15-20)34-27(38)33(23-12-8-5-9-13-23)25(28(34,2)3)35(39)26(37)31-22-10-6-4-7-11-22/h4-19,25,39H,1-3H3,(H,31,37)(H,32,36)/b30-18-. The van der Waals surface area contributed by atoms with Crippen molar-refractivity contribution in [3.8, 4) is 0 Å². The van der Waals surface area contributed by atoms with Gasteiger partial charge in [-0.25, -0.2) is 15.0 Å². The van der Waals surface area contributed by atoms with Gasteiger partial charge in [0.2, 0.25) is 0 Å². The summed E-state index contributed by atoms with van der Waals surface area (Å²) in [6.07, 6.45) is 0.282. The fourth-order valence-electron chi connectivity index (χ4n) is 4.56. The molecule has 0 aromatic heterocycles. The number of halogens is 1. The van der Waals surface area contributed by atoms with Crippen molar-refractivity contribution in [3.05, 3.63) is 95.5 Å². The Morgan fingerprint density at radius 2 is 1.62 bits per heavy atom. The van der Waals surface area contributed by atoms with E-state index in [-0.39, 0.29) is 0 Å². The van der Waals surface area contributed by atoms with E-state index in [2.05, 4.69) is 15.8 Å². The van der Waals surface area contributed by atoms with Crippen molar-refractivity contribution in [2.75, 3.05) is 10.2 Å². The SMILES string of the molecule is CC(C(=O)N/N=C\c1ccc(Cl)cc1)N1C(=O)N(c2ccccc2)C(N(O)C(=O)Nc2ccccc2)C1(C)C. The Morgan fingerprint density at radius 1 is 1.03 bits per heavy atom. The molecule has 4 rings (SSSR count). The number of urea groups is 2. The first kappa shape index (κ1) is 27.6. The van der Waals surface area contributed by atoms with Gasteiger partial charge in [-0.2, -0.15) is 10.2 Å². The van der Waals surface area contributed by atoms with Gasteiger partial charge in [0.1, 0.15) is 6.04 Å². The third kappa shape index (κ3) is 5.87. The minimum atomic E-state index is -1.22. The Labute approximate surface area is 231 Å². The van der Waals surface area contributed by atoms with Crippen molar-refractivity contribution in [1.29, 1.82) is 0 Å². The molecule has 10 nitrogen and oxygen atoms in total. The Bertz CT molecular complexity index is 1350. The summed E-state index contributed by atoms with van der Waals surface area (Å²) in [5.74, 6) is -0.548. The number of carbonyl (C=O) groups excluding carboxylic acids is 3. The predicted molar refractivity (Wildman–Crippen MR) is 150 cm³/mol. The van der Waals surface area contributed by atoms with Crippen molar-refractivity contribution in [3.63, 3.8) is 0 Å². The Morgan fingerprint density at radius 3 is 2.23 bits per heavy atom. The molecule has 0 saturated carbocycles. The number of nitrogens with zero attached hydrogens (tertiary/aromatic N) is 4. The lowest BCUT2D eigenvalue weighted by atomic mass is 9.98. The van der Waals surface area contributed by atoms with E-state index < -0.39 is 35.7 Å². The molecule has 1 aliphatic heterocycles. The molecule has 202 valence electrons. The molecule has 2 atom stereocenters. The van der Waals surface area contributed by atoms with E-state index in [9.17, 15) is 19.6 Å². The number of hydrogen-bond acceptors (Lipinski definition) is 5. The Hall–Kier alpha value is -4.41. The monoisotopic (exact) mass is 548 g/mol. The molecule has 39 heavy (non-hydrogen) atoms. The molecule has 5 amide bonds. The summed E-state index contributed by atoms with van der Waals surface area (Å²) in [7, 11) is 0. The number of amides is 5. The van der Waals surface area contributed by atoms with Gasteiger partial charge < -0.3 is 10.2 Å². The highest BCUT2D eigenvalue weighted by atomic mass is 35.5. The van der Waals surface area contributed by atoms with E-state index in [0.717, 1.165) is 5.56 Å². The lowest BCUT2D eigenvalue weighted by molar-refractivity contribution is -0.129. The molecule has 2 unspecified atom stereocenters. The minimum absolute atomic E-state index is 0.447. The number of carbonyl (C=O) groups is 3. The molecule has 3 aromatic rings. The Kier molecular flexibility index (Phi) is 8.18. The van der Waals surface area contributed by atoms with Crippen LogP contribution in [0.4, 0.5) is 21.0 Å². The summed E-state index contributed by atoms with van der Waals surface area (Å²) >= 11 is 5.90. The average Bonchev–Trinajstić information content (AvgIpc) is 3.14. The minimum Gasteiger partial charge on any atom is -0.306 e. The zero-order valence-electron chi connectivity index (χ0n) is 21.7. The van der Waals surface area contributed by atoms with Crippen LogP contribution in [0.15, 0.2) is 90.0 Å². The highest BCUT2D eigenvalue weighted by molar-refractivity contribution is 6.30. The van der Waals surface area contributed by atoms with Crippen molar-refractivity contribution < 1.29 is 19.6 Å². The van der Waals surface area contributed by atoms with E-state index >= 15 is 0 Å². The molecule has 11 heteroatoms. The first-order valence-electron chi connectivity index (χ1n) is 12.2. The number of hydrazone groups is 1. The topological polar surface area (TPSA) is 118 Å². The van der Waals surface area contributed by atoms with Crippen LogP contribution >= 0.6 is 11.6 Å². The molecule has 0 bridgehead atoms. The number of hydrogen-bond donors (Lipinski definition) is 3. The van der Waals surface area contributed by atoms with Gasteiger partial charge in [-0.3, -0.25) is 14.9 Å². The van der Waals surface area contributed by atoms with Crippen molar-refractivity contribution >= 4 is 47.2 Å². The van der Waals surface area contributed by atoms with Crippen LogP contribution in [0.5, 0.6) is 0 Å². The third-order valence-electron chi connectivity index (χ3n) is 6.43. The summed E-state index contributed by atoms with van der Waals surface area (Å²) in [4.78, 5) is 42.6. The molecule has 1 fully saturated rings. The molecule has 1 saturated heterocycles. The van der Waals surface area contributed by atoms with Gasteiger partial charge in [-0.1, -0.05) is 60.1 Å². The number of nitrogens with one attached hydrogen (secondary N) is 2. The molecule has 1 heterocycles. The molecular weight excluding hydrogens is 520 g/mol. The van der Waals surface area contributed by atoms with Crippen molar-refractivity contribution in [1.82, 2.24) is 15.4 Å². The van der Waals surface area contributed by atoms with Crippen LogP contribution in [-0.2, 0) is 4.79 Å². The second-order valence-electron chi connectivity index (χ2n) is 9.49. The van der Waals surface area contributed by atoms with Crippen LogP contribution in [-0.4, -0.2) is 57.1 Å². The summed E-state index contributed by atoms with van der Waals surface area (Å²) in [5.41, 5.74) is 2.89. The van der Waals surface area contributed by atoms with Gasteiger partial charge >= 0.3 is 12.1 Å². The first-order chi connectivity index (χ1) is 18.6. The quantitative estimate of drug-likeness (QED) is 0.215. The summed E-state index contributed by atoms with van der Waals surface area (Å²) in [5, 5.41) is 18.9. The Balaban J connectivity index is 1.60. The van der Waals surface area contributed by atoms with Gasteiger partial charge in [0, 0.05) is 16.4 Å². The fraction of sp³-hybridized carbons (Fsp3) is 0.214. The lowest BCUT2D eigenvalue weighted by Gasteiger charge is -2.39. The smallest absolute Gasteiger partial charge is 0.306 e. The molecule has 3 N–H and O–H groups in total. The molecule has 1 aliphatic rings. The molecule has 3 aromatic carbocycles. The van der Waals surface area contributed by atoms with E-state index in [1.54, 1.807) is 106 Å². The zero-order chi connectivity index (χ0) is 28.2. The predicted octanol–water partition coefficient (Wildman–Crippen LogP) is 5.15. The number of anilines is 2. The van der Waals surface area contributed by atoms with Crippen LogP contribution in [0.3, 0.4) is 0 Å². The fourth-order valence-corrected chi connectivity index (χ4v) is 4.69. The van der Waals surface area contributed by atoms with Crippen LogP contribution in [0, 0.1) is 0 Å². The van der Waals surface area contributed by atoms with Crippen molar-refractivity contribution in [2.24, 2.45) is 5.10 Å². The maximum atomic E-state index is 13.8. The van der Waals surface area contributed by atoms with E-state index in [4.69, 9.17) is 11.6 Å². The number of rotatable bonds is 7. The highest BCUT2D eigenvalue weighted by Gasteiger charge is 2.58. The third-order valence-corrected chi connectivity index (χ3v) is 6.69. The van der Waals surface area contributed by atoms with Crippen LogP contribution in [0.2, 0.25) is 5.02 Å². The van der Waals surface area contributed by atoms with E-state index in [1.807, 2.05) is 0 Å². The normalized spacial score (nSPS) is 17.3. The molecule has 0 radical (unpaired) electrons. The first-order valence-corrected chi connectivity index (χ1v) is 12.6. The second kappa shape index (κ2) is 11.5. The van der Waals surface area contributed by atoms with Gasteiger partial charge in [0.05, 0.1) is 11.8 Å². The largest absolute Gasteiger partial charge is 0.347 e. The number of hydroxylamine groups is 2. The number of para-hydroxylation sites is 2. The maximum Gasteiger partial charge on any atom is 0.347 e. The van der Waals surface area contributed by atoms with Crippen LogP contribution < -0.4 is 15.6 Å².